The molecule has 6 nitrogen and oxygen atoms in total. The van der Waals surface area contributed by atoms with E-state index in [1.54, 1.807) is 32.4 Å². The average molecular weight is 293 g/mol. The Morgan fingerprint density at radius 1 is 1.10 bits per heavy atom. The number of thioether (sulfide) groups is 1. The number of nitrogen functional groups attached to an aromatic ring is 1. The molecule has 0 fully saturated rings. The summed E-state index contributed by atoms with van der Waals surface area (Å²) in [5, 5.41) is 0.536. The molecule has 1 aromatic heterocycles. The van der Waals surface area contributed by atoms with Gasteiger partial charge in [-0.15, -0.1) is 0 Å². The topological polar surface area (TPSA) is 79.5 Å². The molecule has 0 atom stereocenters. The van der Waals surface area contributed by atoms with Gasteiger partial charge in [-0.05, 0) is 18.4 Å². The van der Waals surface area contributed by atoms with Gasteiger partial charge in [0.1, 0.15) is 5.82 Å². The Morgan fingerprint density at radius 3 is 2.30 bits per heavy atom. The van der Waals surface area contributed by atoms with Crippen LogP contribution in [0.25, 0.3) is 0 Å². The molecule has 0 saturated heterocycles. The number of benzene rings is 1. The first-order valence-corrected chi connectivity index (χ1v) is 6.97. The van der Waals surface area contributed by atoms with Gasteiger partial charge in [-0.1, -0.05) is 17.8 Å². The van der Waals surface area contributed by atoms with Gasteiger partial charge in [-0.2, -0.15) is 4.98 Å². The van der Waals surface area contributed by atoms with Crippen molar-refractivity contribution < 1.29 is 14.2 Å². The van der Waals surface area contributed by atoms with Gasteiger partial charge in [0.2, 0.25) is 11.6 Å². The zero-order valence-corrected chi connectivity index (χ0v) is 12.2. The van der Waals surface area contributed by atoms with Crippen molar-refractivity contribution >= 4 is 17.6 Å². The maximum atomic E-state index is 5.75. The molecule has 0 radical (unpaired) electrons. The first kappa shape index (κ1) is 14.3. The van der Waals surface area contributed by atoms with Gasteiger partial charge in [0.15, 0.2) is 16.7 Å². The Bertz CT molecular complexity index is 585. The molecule has 0 amide bonds. The molecule has 0 bridgehead atoms. The number of nitrogens with two attached hydrogens (primary N) is 1. The second-order valence-corrected chi connectivity index (χ2v) is 4.48. The summed E-state index contributed by atoms with van der Waals surface area (Å²) in [6, 6.07) is 6.91. The number of rotatable bonds is 5. The van der Waals surface area contributed by atoms with Crippen molar-refractivity contribution in [1.29, 1.82) is 0 Å². The molecule has 2 rings (SSSR count). The van der Waals surface area contributed by atoms with Gasteiger partial charge in [0, 0.05) is 6.07 Å². The molecule has 2 aromatic rings. The highest BCUT2D eigenvalue weighted by Gasteiger charge is 2.14. The van der Waals surface area contributed by atoms with Crippen molar-refractivity contribution in [3.8, 4) is 23.1 Å². The van der Waals surface area contributed by atoms with Crippen LogP contribution in [0.4, 0.5) is 5.82 Å². The van der Waals surface area contributed by atoms with Crippen molar-refractivity contribution in [2.24, 2.45) is 0 Å². The molecule has 1 aromatic carbocycles. The minimum Gasteiger partial charge on any atom is -0.493 e. The standard InChI is InChI=1S/C13H15N3O3S/c1-17-8-5-4-6-9(18-2)12(8)19-11-7-10(14)15-13(16-11)20-3/h4-7H,1-3H3,(H2,14,15,16). The Balaban J connectivity index is 2.41. The summed E-state index contributed by atoms with van der Waals surface area (Å²) in [5.41, 5.74) is 5.72. The lowest BCUT2D eigenvalue weighted by Crippen LogP contribution is -1.99. The van der Waals surface area contributed by atoms with E-state index < -0.39 is 0 Å². The third kappa shape index (κ3) is 3.05. The van der Waals surface area contributed by atoms with Gasteiger partial charge in [0.05, 0.1) is 14.2 Å². The third-order valence-corrected chi connectivity index (χ3v) is 3.02. The first-order chi connectivity index (χ1) is 9.67. The van der Waals surface area contributed by atoms with Crippen LogP contribution in [0, 0.1) is 0 Å². The van der Waals surface area contributed by atoms with Crippen LogP contribution in [-0.2, 0) is 0 Å². The number of ether oxygens (including phenoxy) is 3. The normalized spacial score (nSPS) is 10.2. The molecule has 7 heteroatoms. The van der Waals surface area contributed by atoms with Gasteiger partial charge in [0.25, 0.3) is 0 Å². The summed E-state index contributed by atoms with van der Waals surface area (Å²) in [6.07, 6.45) is 1.86. The Kier molecular flexibility index (Phi) is 4.52. The number of nitrogens with zero attached hydrogens (tertiary/aromatic N) is 2. The fraction of sp³-hybridized carbons (Fsp3) is 0.231. The van der Waals surface area contributed by atoms with Crippen molar-refractivity contribution in [3.63, 3.8) is 0 Å². The molecule has 0 aliphatic heterocycles. The van der Waals surface area contributed by atoms with Crippen LogP contribution in [0.15, 0.2) is 29.4 Å². The molecule has 106 valence electrons. The summed E-state index contributed by atoms with van der Waals surface area (Å²) in [7, 11) is 3.12. The van der Waals surface area contributed by atoms with Crippen molar-refractivity contribution in [3.05, 3.63) is 24.3 Å². The van der Waals surface area contributed by atoms with Crippen LogP contribution >= 0.6 is 11.8 Å². The molecular weight excluding hydrogens is 278 g/mol. The maximum Gasteiger partial charge on any atom is 0.225 e. The lowest BCUT2D eigenvalue weighted by molar-refractivity contribution is 0.340. The predicted molar refractivity (Wildman–Crippen MR) is 77.8 cm³/mol. The minimum atomic E-state index is 0.338. The van der Waals surface area contributed by atoms with E-state index in [0.29, 0.717) is 34.1 Å². The van der Waals surface area contributed by atoms with Crippen molar-refractivity contribution in [2.45, 2.75) is 5.16 Å². The molecule has 0 aliphatic rings. The predicted octanol–water partition coefficient (Wildman–Crippen LogP) is 2.59. The summed E-state index contributed by atoms with van der Waals surface area (Å²) >= 11 is 1.38. The quantitative estimate of drug-likeness (QED) is 0.670. The maximum absolute atomic E-state index is 5.75. The zero-order chi connectivity index (χ0) is 14.5. The highest BCUT2D eigenvalue weighted by molar-refractivity contribution is 7.98. The molecule has 20 heavy (non-hydrogen) atoms. The Morgan fingerprint density at radius 2 is 1.75 bits per heavy atom. The van der Waals surface area contributed by atoms with Crippen LogP contribution in [0.3, 0.4) is 0 Å². The van der Waals surface area contributed by atoms with Gasteiger partial charge in [-0.3, -0.25) is 0 Å². The van der Waals surface area contributed by atoms with E-state index in [-0.39, 0.29) is 0 Å². The lowest BCUT2D eigenvalue weighted by atomic mass is 10.3. The van der Waals surface area contributed by atoms with E-state index in [9.17, 15) is 0 Å². The zero-order valence-electron chi connectivity index (χ0n) is 11.4. The second kappa shape index (κ2) is 6.33. The van der Waals surface area contributed by atoms with Crippen LogP contribution in [0.1, 0.15) is 0 Å². The first-order valence-electron chi connectivity index (χ1n) is 5.75. The van der Waals surface area contributed by atoms with E-state index in [4.69, 9.17) is 19.9 Å². The number of hydrogen-bond donors (Lipinski definition) is 1. The fourth-order valence-corrected chi connectivity index (χ4v) is 1.96. The number of para-hydroxylation sites is 1. The molecule has 0 spiro atoms. The monoisotopic (exact) mass is 293 g/mol. The van der Waals surface area contributed by atoms with E-state index in [0.717, 1.165) is 0 Å². The highest BCUT2D eigenvalue weighted by atomic mass is 32.2. The average Bonchev–Trinajstić information content (AvgIpc) is 2.46. The van der Waals surface area contributed by atoms with E-state index >= 15 is 0 Å². The highest BCUT2D eigenvalue weighted by Crippen LogP contribution is 2.39. The van der Waals surface area contributed by atoms with E-state index in [1.165, 1.54) is 11.8 Å². The molecule has 1 heterocycles. The Labute approximate surface area is 121 Å². The SMILES string of the molecule is COc1cccc(OC)c1Oc1cc(N)nc(SC)n1. The van der Waals surface area contributed by atoms with E-state index in [1.807, 2.05) is 12.3 Å². The summed E-state index contributed by atoms with van der Waals surface area (Å²) < 4.78 is 16.3. The lowest BCUT2D eigenvalue weighted by Gasteiger charge is -2.13. The number of aromatic nitrogens is 2. The number of methoxy groups -OCH3 is 2. The fourth-order valence-electron chi connectivity index (χ4n) is 1.59. The van der Waals surface area contributed by atoms with Crippen LogP contribution in [-0.4, -0.2) is 30.4 Å². The molecule has 2 N–H and O–H groups in total. The van der Waals surface area contributed by atoms with Crippen LogP contribution in [0.5, 0.6) is 23.1 Å². The molecular formula is C13H15N3O3S. The van der Waals surface area contributed by atoms with Gasteiger partial charge >= 0.3 is 0 Å². The van der Waals surface area contributed by atoms with E-state index in [2.05, 4.69) is 9.97 Å². The summed E-state index contributed by atoms with van der Waals surface area (Å²) in [4.78, 5) is 8.30. The minimum absolute atomic E-state index is 0.338. The molecule has 0 saturated carbocycles. The Hall–Kier alpha value is -2.15. The summed E-state index contributed by atoms with van der Waals surface area (Å²) in [6.45, 7) is 0. The molecule has 0 unspecified atom stereocenters. The number of anilines is 1. The van der Waals surface area contributed by atoms with Crippen LogP contribution < -0.4 is 19.9 Å². The van der Waals surface area contributed by atoms with Gasteiger partial charge < -0.3 is 19.9 Å². The smallest absolute Gasteiger partial charge is 0.225 e. The van der Waals surface area contributed by atoms with Gasteiger partial charge in [-0.25, -0.2) is 4.98 Å². The second-order valence-electron chi connectivity index (χ2n) is 3.71. The summed E-state index contributed by atoms with van der Waals surface area (Å²) in [5.74, 6) is 2.22. The third-order valence-electron chi connectivity index (χ3n) is 2.47. The number of hydrogen-bond acceptors (Lipinski definition) is 7. The van der Waals surface area contributed by atoms with Crippen molar-refractivity contribution in [2.75, 3.05) is 26.2 Å². The largest absolute Gasteiger partial charge is 0.493 e. The van der Waals surface area contributed by atoms with Crippen LogP contribution in [0.2, 0.25) is 0 Å². The molecule has 0 aliphatic carbocycles. The van der Waals surface area contributed by atoms with Crippen molar-refractivity contribution in [1.82, 2.24) is 9.97 Å².